The van der Waals surface area contributed by atoms with Gasteiger partial charge in [0.25, 0.3) is 0 Å². The van der Waals surface area contributed by atoms with E-state index in [1.165, 1.54) is 0 Å². The van der Waals surface area contributed by atoms with Gasteiger partial charge in [0.15, 0.2) is 5.79 Å². The van der Waals surface area contributed by atoms with Crippen LogP contribution in [0.4, 0.5) is 0 Å². The van der Waals surface area contributed by atoms with E-state index in [0.29, 0.717) is 13.2 Å². The minimum absolute atomic E-state index is 0.133. The van der Waals surface area contributed by atoms with Gasteiger partial charge in [0, 0.05) is 0 Å². The maximum absolute atomic E-state index is 5.86. The number of nitrogens with two attached hydrogens (primary N) is 1. The SMILES string of the molecule is CCC(C)(C)OC(C)(C)OCCCN. The first-order valence-corrected chi connectivity index (χ1v) is 5.37. The number of rotatable bonds is 7. The molecule has 3 heteroatoms. The zero-order valence-electron chi connectivity index (χ0n) is 10.2. The van der Waals surface area contributed by atoms with E-state index in [9.17, 15) is 0 Å². The third kappa shape index (κ3) is 6.35. The van der Waals surface area contributed by atoms with Gasteiger partial charge in [-0.05, 0) is 47.1 Å². The molecular weight excluding hydrogens is 178 g/mol. The van der Waals surface area contributed by atoms with Crippen molar-refractivity contribution in [2.45, 2.75) is 58.8 Å². The van der Waals surface area contributed by atoms with Gasteiger partial charge in [0.05, 0.1) is 12.2 Å². The first kappa shape index (κ1) is 13.9. The lowest BCUT2D eigenvalue weighted by Crippen LogP contribution is -2.39. The largest absolute Gasteiger partial charge is 0.350 e. The van der Waals surface area contributed by atoms with Crippen LogP contribution in [0.3, 0.4) is 0 Å². The van der Waals surface area contributed by atoms with Crippen molar-refractivity contribution in [3.05, 3.63) is 0 Å². The van der Waals surface area contributed by atoms with Crippen molar-refractivity contribution in [1.29, 1.82) is 0 Å². The van der Waals surface area contributed by atoms with Gasteiger partial charge in [0.1, 0.15) is 0 Å². The number of ether oxygens (including phenoxy) is 2. The smallest absolute Gasteiger partial charge is 0.163 e. The van der Waals surface area contributed by atoms with E-state index < -0.39 is 5.79 Å². The Hall–Kier alpha value is -0.120. The molecule has 0 aromatic heterocycles. The van der Waals surface area contributed by atoms with Crippen LogP contribution in [0.15, 0.2) is 0 Å². The van der Waals surface area contributed by atoms with Gasteiger partial charge in [-0.2, -0.15) is 0 Å². The summed E-state index contributed by atoms with van der Waals surface area (Å²) in [5, 5.41) is 0. The molecule has 14 heavy (non-hydrogen) atoms. The van der Waals surface area contributed by atoms with E-state index in [2.05, 4.69) is 20.8 Å². The zero-order chi connectivity index (χ0) is 11.2. The normalized spacial score (nSPS) is 13.3. The van der Waals surface area contributed by atoms with Crippen LogP contribution in [-0.2, 0) is 9.47 Å². The van der Waals surface area contributed by atoms with E-state index in [1.807, 2.05) is 13.8 Å². The Labute approximate surface area is 88.0 Å². The summed E-state index contributed by atoms with van der Waals surface area (Å²) in [4.78, 5) is 0. The van der Waals surface area contributed by atoms with E-state index in [-0.39, 0.29) is 5.60 Å². The lowest BCUT2D eigenvalue weighted by atomic mass is 10.1. The van der Waals surface area contributed by atoms with Gasteiger partial charge < -0.3 is 15.2 Å². The summed E-state index contributed by atoms with van der Waals surface area (Å²) >= 11 is 0. The molecule has 0 heterocycles. The fourth-order valence-electron chi connectivity index (χ4n) is 1.17. The Morgan fingerprint density at radius 2 is 1.71 bits per heavy atom. The van der Waals surface area contributed by atoms with Crippen molar-refractivity contribution in [2.75, 3.05) is 13.2 Å². The van der Waals surface area contributed by atoms with Gasteiger partial charge in [-0.1, -0.05) is 6.92 Å². The molecule has 0 aliphatic rings. The quantitative estimate of drug-likeness (QED) is 0.510. The Bertz CT molecular complexity index is 155. The molecule has 3 nitrogen and oxygen atoms in total. The van der Waals surface area contributed by atoms with Gasteiger partial charge in [0.2, 0.25) is 0 Å². The first-order chi connectivity index (χ1) is 6.33. The summed E-state index contributed by atoms with van der Waals surface area (Å²) in [6.07, 6.45) is 1.84. The molecule has 0 amide bonds. The molecule has 2 N–H and O–H groups in total. The molecule has 0 radical (unpaired) electrons. The van der Waals surface area contributed by atoms with Crippen LogP contribution in [0, 0.1) is 0 Å². The van der Waals surface area contributed by atoms with Crippen LogP contribution in [0.1, 0.15) is 47.5 Å². The molecule has 0 bridgehead atoms. The molecule has 0 aromatic carbocycles. The highest BCUT2D eigenvalue weighted by Gasteiger charge is 2.28. The highest BCUT2D eigenvalue weighted by atomic mass is 16.7. The fraction of sp³-hybridized carbons (Fsp3) is 1.00. The van der Waals surface area contributed by atoms with E-state index in [4.69, 9.17) is 15.2 Å². The molecule has 0 aliphatic carbocycles. The van der Waals surface area contributed by atoms with Crippen molar-refractivity contribution >= 4 is 0 Å². The number of hydrogen-bond acceptors (Lipinski definition) is 3. The Kier molecular flexibility index (Phi) is 5.64. The van der Waals surface area contributed by atoms with Crippen LogP contribution in [0.2, 0.25) is 0 Å². The van der Waals surface area contributed by atoms with Crippen molar-refractivity contribution < 1.29 is 9.47 Å². The fourth-order valence-corrected chi connectivity index (χ4v) is 1.17. The third-order valence-corrected chi connectivity index (χ3v) is 2.17. The average molecular weight is 203 g/mol. The highest BCUT2D eigenvalue weighted by Crippen LogP contribution is 2.23. The molecule has 0 rings (SSSR count). The maximum Gasteiger partial charge on any atom is 0.163 e. The molecule has 86 valence electrons. The highest BCUT2D eigenvalue weighted by molar-refractivity contribution is 4.70. The standard InChI is InChI=1S/C11H25NO2/c1-6-10(2,3)14-11(4,5)13-9-7-8-12/h6-9,12H2,1-5H3. The lowest BCUT2D eigenvalue weighted by Gasteiger charge is -2.35. The Morgan fingerprint density at radius 1 is 1.14 bits per heavy atom. The minimum Gasteiger partial charge on any atom is -0.350 e. The molecule has 0 atom stereocenters. The monoisotopic (exact) mass is 203 g/mol. The van der Waals surface area contributed by atoms with E-state index in [0.717, 1.165) is 12.8 Å². The van der Waals surface area contributed by atoms with Crippen LogP contribution >= 0.6 is 0 Å². The molecule has 0 spiro atoms. The molecule has 0 aliphatic heterocycles. The van der Waals surface area contributed by atoms with Gasteiger partial charge in [-0.25, -0.2) is 0 Å². The first-order valence-electron chi connectivity index (χ1n) is 5.37. The van der Waals surface area contributed by atoms with Gasteiger partial charge >= 0.3 is 0 Å². The predicted molar refractivity (Wildman–Crippen MR) is 59.2 cm³/mol. The second-order valence-electron chi connectivity index (χ2n) is 4.61. The summed E-state index contributed by atoms with van der Waals surface area (Å²) in [6, 6.07) is 0. The summed E-state index contributed by atoms with van der Waals surface area (Å²) in [7, 11) is 0. The molecular formula is C11H25NO2. The summed E-state index contributed by atoms with van der Waals surface area (Å²) in [6.45, 7) is 11.5. The third-order valence-electron chi connectivity index (χ3n) is 2.17. The second kappa shape index (κ2) is 5.69. The van der Waals surface area contributed by atoms with Crippen LogP contribution in [-0.4, -0.2) is 24.5 Å². The molecule has 0 fully saturated rings. The maximum atomic E-state index is 5.86. The topological polar surface area (TPSA) is 44.5 Å². The summed E-state index contributed by atoms with van der Waals surface area (Å²) in [5.74, 6) is -0.519. The second-order valence-corrected chi connectivity index (χ2v) is 4.61. The van der Waals surface area contributed by atoms with Gasteiger partial charge in [-0.15, -0.1) is 0 Å². The molecule has 0 aromatic rings. The van der Waals surface area contributed by atoms with Crippen molar-refractivity contribution in [3.8, 4) is 0 Å². The average Bonchev–Trinajstić information content (AvgIpc) is 2.03. The van der Waals surface area contributed by atoms with E-state index >= 15 is 0 Å². The van der Waals surface area contributed by atoms with Crippen LogP contribution in [0.25, 0.3) is 0 Å². The van der Waals surface area contributed by atoms with Gasteiger partial charge in [-0.3, -0.25) is 0 Å². The van der Waals surface area contributed by atoms with Crippen molar-refractivity contribution in [3.63, 3.8) is 0 Å². The van der Waals surface area contributed by atoms with Crippen molar-refractivity contribution in [2.24, 2.45) is 5.73 Å². The van der Waals surface area contributed by atoms with E-state index in [1.54, 1.807) is 0 Å². The zero-order valence-corrected chi connectivity index (χ0v) is 10.2. The van der Waals surface area contributed by atoms with Crippen molar-refractivity contribution in [1.82, 2.24) is 0 Å². The number of hydrogen-bond donors (Lipinski definition) is 1. The lowest BCUT2D eigenvalue weighted by molar-refractivity contribution is -0.262. The predicted octanol–water partition coefficient (Wildman–Crippen LogP) is 2.29. The molecule has 0 saturated carbocycles. The van der Waals surface area contributed by atoms with Crippen LogP contribution in [0.5, 0.6) is 0 Å². The minimum atomic E-state index is -0.519. The van der Waals surface area contributed by atoms with Crippen LogP contribution < -0.4 is 5.73 Å². The Morgan fingerprint density at radius 3 is 2.14 bits per heavy atom. The molecule has 0 saturated heterocycles. The summed E-state index contributed by atoms with van der Waals surface area (Å²) in [5.41, 5.74) is 5.26. The molecule has 0 unspecified atom stereocenters. The Balaban J connectivity index is 3.93. The summed E-state index contributed by atoms with van der Waals surface area (Å²) < 4.78 is 11.5.